The third kappa shape index (κ3) is 3.88. The number of carboxylic acids is 1. The van der Waals surface area contributed by atoms with Crippen molar-refractivity contribution in [3.05, 3.63) is 0 Å². The van der Waals surface area contributed by atoms with Gasteiger partial charge < -0.3 is 10.0 Å². The predicted molar refractivity (Wildman–Crippen MR) is 59.8 cm³/mol. The summed E-state index contributed by atoms with van der Waals surface area (Å²) >= 11 is 1.88. The van der Waals surface area contributed by atoms with Crippen molar-refractivity contribution in [2.75, 3.05) is 31.6 Å². The molecule has 1 unspecified atom stereocenters. The minimum Gasteiger partial charge on any atom is -0.481 e. The van der Waals surface area contributed by atoms with Crippen LogP contribution in [0.5, 0.6) is 0 Å². The Morgan fingerprint density at radius 1 is 1.57 bits per heavy atom. The molecule has 1 N–H and O–H groups in total. The van der Waals surface area contributed by atoms with Crippen molar-refractivity contribution in [1.82, 2.24) is 4.90 Å². The molecule has 0 aromatic carbocycles. The first-order valence-electron chi connectivity index (χ1n) is 5.18. The highest BCUT2D eigenvalue weighted by Gasteiger charge is 2.27. The summed E-state index contributed by atoms with van der Waals surface area (Å²) in [5, 5.41) is 8.81. The average molecular weight is 217 g/mol. The summed E-state index contributed by atoms with van der Waals surface area (Å²) in [5.74, 6) is 0.475. The van der Waals surface area contributed by atoms with Crippen LogP contribution in [0.15, 0.2) is 0 Å². The van der Waals surface area contributed by atoms with E-state index in [1.54, 1.807) is 0 Å². The van der Waals surface area contributed by atoms with Crippen LogP contribution in [0, 0.1) is 5.92 Å². The van der Waals surface area contributed by atoms with Crippen molar-refractivity contribution in [1.29, 1.82) is 0 Å². The van der Waals surface area contributed by atoms with Crippen LogP contribution >= 0.6 is 11.8 Å². The minimum atomic E-state index is -0.628. The molecule has 0 aliphatic carbocycles. The van der Waals surface area contributed by atoms with Crippen molar-refractivity contribution in [2.45, 2.75) is 19.3 Å². The number of nitrogens with zero attached hydrogens (tertiary/aromatic N) is 1. The maximum absolute atomic E-state index is 10.7. The second kappa shape index (κ2) is 6.30. The van der Waals surface area contributed by atoms with E-state index in [1.807, 2.05) is 11.8 Å². The van der Waals surface area contributed by atoms with Gasteiger partial charge in [-0.1, -0.05) is 0 Å². The van der Waals surface area contributed by atoms with E-state index in [0.717, 1.165) is 26.1 Å². The molecule has 1 atom stereocenters. The van der Waals surface area contributed by atoms with E-state index in [1.165, 1.54) is 18.6 Å². The number of carboxylic acid groups (broad SMARTS) is 1. The highest BCUT2D eigenvalue weighted by molar-refractivity contribution is 7.98. The lowest BCUT2D eigenvalue weighted by molar-refractivity contribution is -0.141. The number of likely N-dealkylation sites (tertiary alicyclic amines) is 1. The molecule has 0 saturated carbocycles. The van der Waals surface area contributed by atoms with Gasteiger partial charge in [0, 0.05) is 6.54 Å². The summed E-state index contributed by atoms with van der Waals surface area (Å²) < 4.78 is 0. The monoisotopic (exact) mass is 217 g/mol. The smallest absolute Gasteiger partial charge is 0.307 e. The van der Waals surface area contributed by atoms with E-state index < -0.39 is 5.97 Å². The van der Waals surface area contributed by atoms with Crippen molar-refractivity contribution in [2.24, 2.45) is 5.92 Å². The number of carbonyl (C=O) groups is 1. The first kappa shape index (κ1) is 11.9. The van der Waals surface area contributed by atoms with E-state index in [0.29, 0.717) is 0 Å². The second-order valence-electron chi connectivity index (χ2n) is 3.82. The predicted octanol–water partition coefficient (Wildman–Crippen LogP) is 1.54. The molecule has 0 bridgehead atoms. The fourth-order valence-corrected chi connectivity index (χ4v) is 2.31. The molecule has 4 heteroatoms. The van der Waals surface area contributed by atoms with Gasteiger partial charge in [-0.2, -0.15) is 11.8 Å². The van der Waals surface area contributed by atoms with Gasteiger partial charge in [0.15, 0.2) is 0 Å². The normalized spacial score (nSPS) is 22.8. The van der Waals surface area contributed by atoms with Crippen LogP contribution in [0.3, 0.4) is 0 Å². The lowest BCUT2D eigenvalue weighted by Gasteiger charge is -2.14. The molecular formula is C10H19NO2S. The minimum absolute atomic E-state index is 0.115. The zero-order chi connectivity index (χ0) is 10.4. The Morgan fingerprint density at radius 2 is 2.36 bits per heavy atom. The van der Waals surface area contributed by atoms with Crippen molar-refractivity contribution in [3.63, 3.8) is 0 Å². The Kier molecular flexibility index (Phi) is 5.33. The largest absolute Gasteiger partial charge is 0.481 e. The van der Waals surface area contributed by atoms with Gasteiger partial charge in [-0.25, -0.2) is 0 Å². The quantitative estimate of drug-likeness (QED) is 0.685. The standard InChI is InChI=1S/C10H19NO2S/c1-14-7-3-2-5-11-6-4-9(8-11)10(12)13/h9H,2-8H2,1H3,(H,12,13). The lowest BCUT2D eigenvalue weighted by Crippen LogP contribution is -2.24. The molecule has 1 aliphatic heterocycles. The summed E-state index contributed by atoms with van der Waals surface area (Å²) in [6.45, 7) is 2.80. The molecule has 14 heavy (non-hydrogen) atoms. The lowest BCUT2D eigenvalue weighted by atomic mass is 10.1. The molecular weight excluding hydrogens is 198 g/mol. The van der Waals surface area contributed by atoms with E-state index in [9.17, 15) is 4.79 Å². The average Bonchev–Trinajstić information content (AvgIpc) is 2.61. The van der Waals surface area contributed by atoms with E-state index >= 15 is 0 Å². The van der Waals surface area contributed by atoms with Crippen molar-refractivity contribution >= 4 is 17.7 Å². The maximum Gasteiger partial charge on any atom is 0.307 e. The maximum atomic E-state index is 10.7. The van der Waals surface area contributed by atoms with E-state index in [4.69, 9.17) is 5.11 Å². The SMILES string of the molecule is CSCCCCN1CCC(C(=O)O)C1. The number of unbranched alkanes of at least 4 members (excludes halogenated alkanes) is 1. The number of aliphatic carboxylic acids is 1. The fraction of sp³-hybridized carbons (Fsp3) is 0.900. The summed E-state index contributed by atoms with van der Waals surface area (Å²) in [4.78, 5) is 13.0. The third-order valence-corrected chi connectivity index (χ3v) is 3.39. The van der Waals surface area contributed by atoms with Crippen LogP contribution in [0.25, 0.3) is 0 Å². The van der Waals surface area contributed by atoms with Crippen LogP contribution < -0.4 is 0 Å². The van der Waals surface area contributed by atoms with Gasteiger partial charge in [0.05, 0.1) is 5.92 Å². The number of thioether (sulfide) groups is 1. The number of rotatable bonds is 6. The Balaban J connectivity index is 2.07. The highest BCUT2D eigenvalue weighted by Crippen LogP contribution is 2.16. The molecule has 0 aromatic heterocycles. The van der Waals surface area contributed by atoms with Crippen molar-refractivity contribution < 1.29 is 9.90 Å². The Morgan fingerprint density at radius 3 is 2.93 bits per heavy atom. The Labute approximate surface area is 89.9 Å². The third-order valence-electron chi connectivity index (χ3n) is 2.69. The molecule has 82 valence electrons. The summed E-state index contributed by atoms with van der Waals surface area (Å²) in [6.07, 6.45) is 5.40. The molecule has 1 heterocycles. The molecule has 0 aromatic rings. The topological polar surface area (TPSA) is 40.5 Å². The van der Waals surface area contributed by atoms with Gasteiger partial charge in [0.2, 0.25) is 0 Å². The molecule has 1 rings (SSSR count). The molecule has 1 fully saturated rings. The van der Waals surface area contributed by atoms with Crippen LogP contribution in [0.1, 0.15) is 19.3 Å². The molecule has 0 amide bonds. The van der Waals surface area contributed by atoms with Gasteiger partial charge in [-0.3, -0.25) is 4.79 Å². The zero-order valence-corrected chi connectivity index (χ0v) is 9.55. The molecule has 0 radical (unpaired) electrons. The zero-order valence-electron chi connectivity index (χ0n) is 8.74. The Hall–Kier alpha value is -0.220. The summed E-state index contributed by atoms with van der Waals surface area (Å²) in [5.41, 5.74) is 0. The van der Waals surface area contributed by atoms with Crippen LogP contribution in [0.4, 0.5) is 0 Å². The first-order valence-corrected chi connectivity index (χ1v) is 6.57. The first-order chi connectivity index (χ1) is 6.74. The molecule has 3 nitrogen and oxygen atoms in total. The van der Waals surface area contributed by atoms with Crippen LogP contribution in [-0.2, 0) is 4.79 Å². The summed E-state index contributed by atoms with van der Waals surface area (Å²) in [6, 6.07) is 0. The number of hydrogen-bond acceptors (Lipinski definition) is 3. The van der Waals surface area contributed by atoms with Crippen LogP contribution in [0.2, 0.25) is 0 Å². The Bertz CT molecular complexity index is 187. The fourth-order valence-electron chi connectivity index (χ4n) is 1.82. The van der Waals surface area contributed by atoms with Gasteiger partial charge >= 0.3 is 5.97 Å². The van der Waals surface area contributed by atoms with E-state index in [2.05, 4.69) is 11.2 Å². The molecule has 0 spiro atoms. The highest BCUT2D eigenvalue weighted by atomic mass is 32.2. The summed E-state index contributed by atoms with van der Waals surface area (Å²) in [7, 11) is 0. The number of hydrogen-bond donors (Lipinski definition) is 1. The van der Waals surface area contributed by atoms with Crippen LogP contribution in [-0.4, -0.2) is 47.6 Å². The second-order valence-corrected chi connectivity index (χ2v) is 4.81. The van der Waals surface area contributed by atoms with Crippen molar-refractivity contribution in [3.8, 4) is 0 Å². The van der Waals surface area contributed by atoms with Gasteiger partial charge in [-0.05, 0) is 44.4 Å². The molecule has 1 saturated heterocycles. The van der Waals surface area contributed by atoms with Gasteiger partial charge in [0.25, 0.3) is 0 Å². The molecule has 1 aliphatic rings. The van der Waals surface area contributed by atoms with Gasteiger partial charge in [0.1, 0.15) is 0 Å². The van der Waals surface area contributed by atoms with E-state index in [-0.39, 0.29) is 5.92 Å². The van der Waals surface area contributed by atoms with Gasteiger partial charge in [-0.15, -0.1) is 0 Å².